The number of aromatic amines is 1. The van der Waals surface area contributed by atoms with Gasteiger partial charge < -0.3 is 14.4 Å². The number of ether oxygens (including phenoxy) is 2. The van der Waals surface area contributed by atoms with Gasteiger partial charge in [0.2, 0.25) is 11.8 Å². The van der Waals surface area contributed by atoms with Crippen LogP contribution in [-0.4, -0.2) is 46.5 Å². The van der Waals surface area contributed by atoms with Crippen LogP contribution >= 0.6 is 11.6 Å². The van der Waals surface area contributed by atoms with Gasteiger partial charge in [0, 0.05) is 28.6 Å². The molecule has 7 nitrogen and oxygen atoms in total. The molecule has 180 valence electrons. The van der Waals surface area contributed by atoms with Gasteiger partial charge in [0.15, 0.2) is 5.82 Å². The Morgan fingerprint density at radius 2 is 2.06 bits per heavy atom. The lowest BCUT2D eigenvalue weighted by molar-refractivity contribution is 0.275. The summed E-state index contributed by atoms with van der Waals surface area (Å²) in [6.45, 7) is 1.38. The van der Waals surface area contributed by atoms with Crippen LogP contribution in [0.15, 0.2) is 18.3 Å². The highest BCUT2D eigenvalue weighted by atomic mass is 35.5. The fourth-order valence-electron chi connectivity index (χ4n) is 5.74. The van der Waals surface area contributed by atoms with E-state index < -0.39 is 5.82 Å². The number of halogens is 2. The van der Waals surface area contributed by atoms with Crippen LogP contribution in [0.5, 0.6) is 11.8 Å². The number of hydrogen-bond acceptors (Lipinski definition) is 6. The van der Waals surface area contributed by atoms with Crippen molar-refractivity contribution in [3.63, 3.8) is 0 Å². The lowest BCUT2D eigenvalue weighted by Crippen LogP contribution is -2.38. The molecule has 4 aromatic rings. The minimum Gasteiger partial charge on any atom is -0.481 e. The number of fused-ring (bicyclic) bond motifs is 3. The van der Waals surface area contributed by atoms with E-state index in [4.69, 9.17) is 26.1 Å². The van der Waals surface area contributed by atoms with Gasteiger partial charge in [-0.1, -0.05) is 24.4 Å². The second-order valence-electron chi connectivity index (χ2n) is 9.75. The summed E-state index contributed by atoms with van der Waals surface area (Å²) in [5.74, 6) is 0.571. The molecule has 9 heteroatoms. The first kappa shape index (κ1) is 21.2. The van der Waals surface area contributed by atoms with Gasteiger partial charge in [-0.15, -0.1) is 0 Å². The van der Waals surface area contributed by atoms with Crippen LogP contribution in [0.2, 0.25) is 5.02 Å². The van der Waals surface area contributed by atoms with Crippen LogP contribution in [-0.2, 0) is 0 Å². The van der Waals surface area contributed by atoms with Crippen LogP contribution in [0.1, 0.15) is 50.0 Å². The van der Waals surface area contributed by atoms with E-state index in [1.807, 2.05) is 12.1 Å². The van der Waals surface area contributed by atoms with E-state index >= 15 is 4.39 Å². The molecule has 3 aliphatic rings. The van der Waals surface area contributed by atoms with Gasteiger partial charge in [-0.2, -0.15) is 5.10 Å². The van der Waals surface area contributed by atoms with E-state index in [9.17, 15) is 0 Å². The molecule has 1 saturated heterocycles. The Kier molecular flexibility index (Phi) is 4.81. The molecule has 0 spiro atoms. The Balaban J connectivity index is 1.55. The molecule has 7 rings (SSSR count). The molecule has 1 N–H and O–H groups in total. The van der Waals surface area contributed by atoms with Gasteiger partial charge in [-0.3, -0.25) is 5.10 Å². The summed E-state index contributed by atoms with van der Waals surface area (Å²) in [6.07, 6.45) is 8.16. The number of H-pyrrole nitrogens is 1. The zero-order valence-corrected chi connectivity index (χ0v) is 20.2. The Labute approximate surface area is 206 Å². The molecule has 5 heterocycles. The molecule has 1 atom stereocenters. The highest BCUT2D eigenvalue weighted by Crippen LogP contribution is 2.51. The predicted molar refractivity (Wildman–Crippen MR) is 133 cm³/mol. The van der Waals surface area contributed by atoms with Crippen molar-refractivity contribution in [3.05, 3.63) is 34.7 Å². The molecule has 1 unspecified atom stereocenters. The Hall–Kier alpha value is -3.13. The SMILES string of the molecule is COc1cc2c3c(nc(-c4c(C5CC5)c(Cl)cc5[nH]ncc45)c(F)c3n1)OCC1CCCCCN21. The normalized spacial score (nSPS) is 19.9. The van der Waals surface area contributed by atoms with Gasteiger partial charge in [-0.05, 0) is 43.2 Å². The van der Waals surface area contributed by atoms with Crippen molar-refractivity contribution < 1.29 is 13.9 Å². The third kappa shape index (κ3) is 3.26. The summed E-state index contributed by atoms with van der Waals surface area (Å²) in [5, 5.41) is 9.17. The van der Waals surface area contributed by atoms with E-state index in [1.165, 1.54) is 6.42 Å². The van der Waals surface area contributed by atoms with Crippen LogP contribution in [0.4, 0.5) is 10.1 Å². The van der Waals surface area contributed by atoms with Crippen molar-refractivity contribution in [1.29, 1.82) is 0 Å². The second-order valence-corrected chi connectivity index (χ2v) is 10.2. The topological polar surface area (TPSA) is 76.2 Å². The highest BCUT2D eigenvalue weighted by Gasteiger charge is 2.35. The minimum absolute atomic E-state index is 0.197. The van der Waals surface area contributed by atoms with Gasteiger partial charge in [0.25, 0.3) is 0 Å². The Morgan fingerprint density at radius 3 is 2.89 bits per heavy atom. The van der Waals surface area contributed by atoms with Crippen LogP contribution < -0.4 is 14.4 Å². The number of methoxy groups -OCH3 is 1. The number of benzene rings is 1. The van der Waals surface area contributed by atoms with E-state index in [0.29, 0.717) is 34.3 Å². The Bertz CT molecular complexity index is 1480. The van der Waals surface area contributed by atoms with Gasteiger partial charge >= 0.3 is 0 Å². The number of anilines is 1. The lowest BCUT2D eigenvalue weighted by Gasteiger charge is -2.30. The molecule has 0 radical (unpaired) electrons. The fourth-order valence-corrected chi connectivity index (χ4v) is 6.10. The maximum atomic E-state index is 16.5. The number of pyridine rings is 2. The Morgan fingerprint density at radius 1 is 1.17 bits per heavy atom. The number of hydrogen-bond donors (Lipinski definition) is 1. The van der Waals surface area contributed by atoms with E-state index in [1.54, 1.807) is 13.3 Å². The lowest BCUT2D eigenvalue weighted by atomic mass is 9.95. The standard InChI is InChI=1S/C26H25ClFN5O2/c1-34-19-10-18-22-25(30-19)23(28)24(31-26(22)35-12-14-5-3-2-4-8-33(14)18)21-15-11-29-32-17(15)9-16(27)20(21)13-6-7-13/h9-11,13-14H,2-8,12H2,1H3,(H,29,32). The van der Waals surface area contributed by atoms with Gasteiger partial charge in [0.1, 0.15) is 17.8 Å². The molecule has 1 saturated carbocycles. The molecule has 35 heavy (non-hydrogen) atoms. The molecular weight excluding hydrogens is 469 g/mol. The molecule has 1 aromatic carbocycles. The van der Waals surface area contributed by atoms with Crippen LogP contribution in [0, 0.1) is 5.82 Å². The first-order chi connectivity index (χ1) is 17.1. The quantitative estimate of drug-likeness (QED) is 0.377. The number of nitrogens with one attached hydrogen (secondary N) is 1. The zero-order valence-electron chi connectivity index (χ0n) is 19.4. The van der Waals surface area contributed by atoms with E-state index in [-0.39, 0.29) is 23.2 Å². The second kappa shape index (κ2) is 7.95. The summed E-state index contributed by atoms with van der Waals surface area (Å²) in [7, 11) is 1.56. The first-order valence-electron chi connectivity index (χ1n) is 12.3. The number of rotatable bonds is 3. The molecule has 3 aromatic heterocycles. The summed E-state index contributed by atoms with van der Waals surface area (Å²) in [5.41, 5.74) is 3.63. The van der Waals surface area contributed by atoms with Crippen molar-refractivity contribution >= 4 is 39.1 Å². The highest BCUT2D eigenvalue weighted by molar-refractivity contribution is 6.33. The van der Waals surface area contributed by atoms with E-state index in [2.05, 4.69) is 20.1 Å². The van der Waals surface area contributed by atoms with Crippen molar-refractivity contribution in [2.24, 2.45) is 0 Å². The molecule has 2 fully saturated rings. The summed E-state index contributed by atoms with van der Waals surface area (Å²) >= 11 is 6.73. The van der Waals surface area contributed by atoms with Gasteiger partial charge in [0.05, 0.1) is 35.9 Å². The molecule has 2 aliphatic heterocycles. The smallest absolute Gasteiger partial charge is 0.225 e. The monoisotopic (exact) mass is 493 g/mol. The molecule has 1 aliphatic carbocycles. The minimum atomic E-state index is -0.493. The summed E-state index contributed by atoms with van der Waals surface area (Å²) in [6, 6.07) is 3.96. The van der Waals surface area contributed by atoms with Crippen LogP contribution in [0.3, 0.4) is 0 Å². The van der Waals surface area contributed by atoms with Gasteiger partial charge in [-0.25, -0.2) is 14.4 Å². The van der Waals surface area contributed by atoms with E-state index in [0.717, 1.165) is 60.8 Å². The van der Waals surface area contributed by atoms with Crippen LogP contribution in [0.25, 0.3) is 33.1 Å². The fraction of sp³-hybridized carbons (Fsp3) is 0.423. The molecular formula is C26H25ClFN5O2. The zero-order chi connectivity index (χ0) is 23.7. The number of nitrogens with zero attached hydrogens (tertiary/aromatic N) is 4. The van der Waals surface area contributed by atoms with Crippen molar-refractivity contribution in [2.75, 3.05) is 25.2 Å². The molecule has 0 amide bonds. The predicted octanol–water partition coefficient (Wildman–Crippen LogP) is 5.99. The number of aromatic nitrogens is 4. The maximum absolute atomic E-state index is 16.5. The third-order valence-corrected chi connectivity index (χ3v) is 7.90. The first-order valence-corrected chi connectivity index (χ1v) is 12.7. The summed E-state index contributed by atoms with van der Waals surface area (Å²) in [4.78, 5) is 11.7. The third-order valence-electron chi connectivity index (χ3n) is 7.58. The van der Waals surface area contributed by atoms with Crippen molar-refractivity contribution in [3.8, 4) is 23.0 Å². The maximum Gasteiger partial charge on any atom is 0.225 e. The average Bonchev–Trinajstić information content (AvgIpc) is 3.65. The summed E-state index contributed by atoms with van der Waals surface area (Å²) < 4.78 is 28.4. The van der Waals surface area contributed by atoms with Crippen molar-refractivity contribution in [1.82, 2.24) is 20.2 Å². The largest absolute Gasteiger partial charge is 0.481 e. The average molecular weight is 494 g/mol. The molecule has 0 bridgehead atoms. The van der Waals surface area contributed by atoms with Crippen molar-refractivity contribution in [2.45, 2.75) is 50.5 Å².